The van der Waals surface area contributed by atoms with Gasteiger partial charge in [0.2, 0.25) is 0 Å². The van der Waals surface area contributed by atoms with Gasteiger partial charge in [0.15, 0.2) is 0 Å². The Bertz CT molecular complexity index is 384. The average molecular weight is 272 g/mol. The first kappa shape index (κ1) is 13.2. The van der Waals surface area contributed by atoms with E-state index in [1.54, 1.807) is 7.11 Å². The standard InChI is InChI=1S/C13H18ClNOS/c1-16-8-9-17-13-11-5-7-15-6-4-10(11)2-3-12(13)14/h2-3,15H,4-9H2,1H3. The molecule has 94 valence electrons. The van der Waals surface area contributed by atoms with Crippen molar-refractivity contribution in [2.45, 2.75) is 17.7 Å². The molecule has 0 unspecified atom stereocenters. The van der Waals surface area contributed by atoms with Crippen molar-refractivity contribution in [3.05, 3.63) is 28.3 Å². The molecule has 1 aliphatic rings. The third kappa shape index (κ3) is 3.38. The molecule has 0 atom stereocenters. The molecule has 0 amide bonds. The summed E-state index contributed by atoms with van der Waals surface area (Å²) >= 11 is 8.12. The van der Waals surface area contributed by atoms with Crippen LogP contribution in [0.1, 0.15) is 11.1 Å². The molecule has 2 rings (SSSR count). The van der Waals surface area contributed by atoms with Gasteiger partial charge in [-0.3, -0.25) is 0 Å². The smallest absolute Gasteiger partial charge is 0.0556 e. The van der Waals surface area contributed by atoms with Crippen LogP contribution in [0.25, 0.3) is 0 Å². The second-order valence-electron chi connectivity index (χ2n) is 4.11. The molecule has 1 aliphatic heterocycles. The highest BCUT2D eigenvalue weighted by Crippen LogP contribution is 2.34. The van der Waals surface area contributed by atoms with E-state index in [4.69, 9.17) is 16.3 Å². The first-order chi connectivity index (χ1) is 8.33. The number of thioether (sulfide) groups is 1. The van der Waals surface area contributed by atoms with E-state index in [1.165, 1.54) is 16.0 Å². The predicted octanol–water partition coefficient (Wildman–Crippen LogP) is 2.77. The van der Waals surface area contributed by atoms with Crippen molar-refractivity contribution < 1.29 is 4.74 Å². The lowest BCUT2D eigenvalue weighted by atomic mass is 10.0. The van der Waals surface area contributed by atoms with Gasteiger partial charge in [-0.2, -0.15) is 0 Å². The zero-order chi connectivity index (χ0) is 12.1. The zero-order valence-corrected chi connectivity index (χ0v) is 11.7. The highest BCUT2D eigenvalue weighted by atomic mass is 35.5. The molecule has 4 heteroatoms. The molecule has 1 heterocycles. The Kier molecular flexibility index (Phi) is 5.16. The number of rotatable bonds is 4. The van der Waals surface area contributed by atoms with E-state index in [0.717, 1.165) is 43.3 Å². The Balaban J connectivity index is 2.22. The fourth-order valence-corrected chi connectivity index (χ4v) is 3.50. The SMILES string of the molecule is COCCSc1c(Cl)ccc2c1CCNCC2. The van der Waals surface area contributed by atoms with E-state index in [9.17, 15) is 0 Å². The van der Waals surface area contributed by atoms with Crippen molar-refractivity contribution in [1.82, 2.24) is 5.32 Å². The number of ether oxygens (including phenoxy) is 1. The lowest BCUT2D eigenvalue weighted by molar-refractivity contribution is 0.218. The normalized spacial score (nSPS) is 15.4. The Morgan fingerprint density at radius 2 is 2.18 bits per heavy atom. The van der Waals surface area contributed by atoms with Crippen LogP contribution >= 0.6 is 23.4 Å². The van der Waals surface area contributed by atoms with Gasteiger partial charge in [0.05, 0.1) is 11.6 Å². The van der Waals surface area contributed by atoms with E-state index in [0.29, 0.717) is 0 Å². The first-order valence-corrected chi connectivity index (χ1v) is 7.32. The second-order valence-corrected chi connectivity index (χ2v) is 5.62. The predicted molar refractivity (Wildman–Crippen MR) is 74.3 cm³/mol. The molecule has 2 nitrogen and oxygen atoms in total. The van der Waals surface area contributed by atoms with Crippen molar-refractivity contribution >= 4 is 23.4 Å². The number of hydrogen-bond acceptors (Lipinski definition) is 3. The Morgan fingerprint density at radius 3 is 3.00 bits per heavy atom. The van der Waals surface area contributed by atoms with Crippen LogP contribution in [0, 0.1) is 0 Å². The van der Waals surface area contributed by atoms with Gasteiger partial charge in [0.1, 0.15) is 0 Å². The Morgan fingerprint density at radius 1 is 1.35 bits per heavy atom. The molecule has 0 saturated heterocycles. The van der Waals surface area contributed by atoms with Crippen molar-refractivity contribution in [1.29, 1.82) is 0 Å². The van der Waals surface area contributed by atoms with Crippen molar-refractivity contribution in [2.75, 3.05) is 32.6 Å². The monoisotopic (exact) mass is 271 g/mol. The van der Waals surface area contributed by atoms with E-state index < -0.39 is 0 Å². The Labute approximate surface area is 112 Å². The minimum atomic E-state index is 0.767. The van der Waals surface area contributed by atoms with Gasteiger partial charge in [-0.25, -0.2) is 0 Å². The molecule has 1 aromatic rings. The van der Waals surface area contributed by atoms with Crippen molar-refractivity contribution in [2.24, 2.45) is 0 Å². The molecule has 17 heavy (non-hydrogen) atoms. The van der Waals surface area contributed by atoms with Crippen LogP contribution in [-0.2, 0) is 17.6 Å². The number of benzene rings is 1. The van der Waals surface area contributed by atoms with Gasteiger partial charge < -0.3 is 10.1 Å². The lowest BCUT2D eigenvalue weighted by Gasteiger charge is -2.13. The average Bonchev–Trinajstić information content (AvgIpc) is 2.57. The highest BCUT2D eigenvalue weighted by molar-refractivity contribution is 7.99. The van der Waals surface area contributed by atoms with Gasteiger partial charge in [-0.05, 0) is 43.1 Å². The Hall–Kier alpha value is -0.220. The lowest BCUT2D eigenvalue weighted by Crippen LogP contribution is -2.16. The summed E-state index contributed by atoms with van der Waals surface area (Å²) in [6.07, 6.45) is 2.18. The summed E-state index contributed by atoms with van der Waals surface area (Å²) < 4.78 is 5.10. The molecular formula is C13H18ClNOS. The topological polar surface area (TPSA) is 21.3 Å². The second kappa shape index (κ2) is 6.64. The molecular weight excluding hydrogens is 254 g/mol. The molecule has 0 spiro atoms. The zero-order valence-electron chi connectivity index (χ0n) is 10.1. The molecule has 0 radical (unpaired) electrons. The summed E-state index contributed by atoms with van der Waals surface area (Å²) in [4.78, 5) is 1.25. The fourth-order valence-electron chi connectivity index (χ4n) is 2.09. The summed E-state index contributed by atoms with van der Waals surface area (Å²) in [5.41, 5.74) is 2.88. The van der Waals surface area contributed by atoms with Crippen molar-refractivity contribution in [3.8, 4) is 0 Å². The number of nitrogens with one attached hydrogen (secondary N) is 1. The third-order valence-electron chi connectivity index (χ3n) is 2.97. The van der Waals surface area contributed by atoms with E-state index >= 15 is 0 Å². The third-order valence-corrected chi connectivity index (χ3v) is 4.52. The van der Waals surface area contributed by atoms with Gasteiger partial charge in [-0.1, -0.05) is 17.7 Å². The maximum atomic E-state index is 6.31. The van der Waals surface area contributed by atoms with Crippen LogP contribution in [0.5, 0.6) is 0 Å². The number of methoxy groups -OCH3 is 1. The molecule has 0 aliphatic carbocycles. The minimum absolute atomic E-state index is 0.767. The molecule has 1 N–H and O–H groups in total. The number of halogens is 1. The molecule has 1 aromatic carbocycles. The van der Waals surface area contributed by atoms with Crippen LogP contribution in [-0.4, -0.2) is 32.6 Å². The van der Waals surface area contributed by atoms with E-state index in [1.807, 2.05) is 17.8 Å². The fraction of sp³-hybridized carbons (Fsp3) is 0.538. The quantitative estimate of drug-likeness (QED) is 0.672. The minimum Gasteiger partial charge on any atom is -0.384 e. The van der Waals surface area contributed by atoms with Gasteiger partial charge in [0.25, 0.3) is 0 Å². The van der Waals surface area contributed by atoms with Gasteiger partial charge >= 0.3 is 0 Å². The maximum absolute atomic E-state index is 6.31. The molecule has 0 bridgehead atoms. The largest absolute Gasteiger partial charge is 0.384 e. The number of hydrogen-bond donors (Lipinski definition) is 1. The summed E-state index contributed by atoms with van der Waals surface area (Å²) in [6.45, 7) is 2.88. The van der Waals surface area contributed by atoms with Crippen molar-refractivity contribution in [3.63, 3.8) is 0 Å². The van der Waals surface area contributed by atoms with E-state index in [2.05, 4.69) is 11.4 Å². The number of fused-ring (bicyclic) bond motifs is 1. The molecule has 0 fully saturated rings. The van der Waals surface area contributed by atoms with Crippen LogP contribution in [0.15, 0.2) is 17.0 Å². The van der Waals surface area contributed by atoms with Crippen LogP contribution in [0.2, 0.25) is 5.02 Å². The summed E-state index contributed by atoms with van der Waals surface area (Å²) in [5.74, 6) is 0.958. The van der Waals surface area contributed by atoms with Gasteiger partial charge in [-0.15, -0.1) is 11.8 Å². The maximum Gasteiger partial charge on any atom is 0.0556 e. The van der Waals surface area contributed by atoms with E-state index in [-0.39, 0.29) is 0 Å². The molecule has 0 saturated carbocycles. The first-order valence-electron chi connectivity index (χ1n) is 5.95. The van der Waals surface area contributed by atoms with Crippen LogP contribution < -0.4 is 5.32 Å². The van der Waals surface area contributed by atoms with Gasteiger partial charge in [0, 0.05) is 17.8 Å². The highest BCUT2D eigenvalue weighted by Gasteiger charge is 2.14. The molecule has 0 aromatic heterocycles. The van der Waals surface area contributed by atoms with Crippen LogP contribution in [0.4, 0.5) is 0 Å². The van der Waals surface area contributed by atoms with Crippen LogP contribution in [0.3, 0.4) is 0 Å². The summed E-state index contributed by atoms with van der Waals surface area (Å²) in [6, 6.07) is 4.20. The summed E-state index contributed by atoms with van der Waals surface area (Å²) in [7, 11) is 1.73. The summed E-state index contributed by atoms with van der Waals surface area (Å²) in [5, 5.41) is 4.31.